The highest BCUT2D eigenvalue weighted by Gasteiger charge is 2.24. The molecule has 0 radical (unpaired) electrons. The lowest BCUT2D eigenvalue weighted by atomic mass is 10.1. The molecule has 3 rings (SSSR count). The fourth-order valence-corrected chi connectivity index (χ4v) is 2.94. The smallest absolute Gasteiger partial charge is 0.273 e. The van der Waals surface area contributed by atoms with Crippen LogP contribution in [0.3, 0.4) is 0 Å². The zero-order valence-corrected chi connectivity index (χ0v) is 17.2. The van der Waals surface area contributed by atoms with E-state index in [1.165, 1.54) is 32.0 Å². The van der Waals surface area contributed by atoms with Crippen molar-refractivity contribution in [3.05, 3.63) is 58.3 Å². The summed E-state index contributed by atoms with van der Waals surface area (Å²) in [5.74, 6) is -0.991. The predicted octanol–water partition coefficient (Wildman–Crippen LogP) is 3.25. The maximum atomic E-state index is 14.4. The van der Waals surface area contributed by atoms with Crippen molar-refractivity contribution >= 4 is 17.5 Å². The highest BCUT2D eigenvalue weighted by Crippen LogP contribution is 2.29. The third-order valence-corrected chi connectivity index (χ3v) is 4.67. The van der Waals surface area contributed by atoms with Crippen LogP contribution in [-0.4, -0.2) is 32.0 Å². The lowest BCUT2D eigenvalue weighted by Crippen LogP contribution is -2.36. The monoisotopic (exact) mass is 431 g/mol. The van der Waals surface area contributed by atoms with Crippen LogP contribution in [0.4, 0.5) is 4.39 Å². The summed E-state index contributed by atoms with van der Waals surface area (Å²) in [6.07, 6.45) is 1.64. The number of nitrogens with zero attached hydrogens (tertiary/aromatic N) is 4. The maximum Gasteiger partial charge on any atom is 0.273 e. The Bertz CT molecular complexity index is 1130. The molecule has 10 heteroatoms. The van der Waals surface area contributed by atoms with Gasteiger partial charge in [0, 0.05) is 23.9 Å². The highest BCUT2D eigenvalue weighted by molar-refractivity contribution is 6.32. The van der Waals surface area contributed by atoms with Crippen LogP contribution < -0.4 is 5.32 Å². The van der Waals surface area contributed by atoms with Gasteiger partial charge in [0.05, 0.1) is 22.8 Å². The van der Waals surface area contributed by atoms with E-state index in [-0.39, 0.29) is 33.6 Å². The Morgan fingerprint density at radius 3 is 2.83 bits per heavy atom. The SMILES string of the molecule is C[C@@H](Cn1ccc(-c2ccc(C#N)c(Cl)c2F)n1)NC(=O)c1cc(C(C)(C)O)on1. The number of benzene rings is 1. The molecule has 2 aromatic heterocycles. The van der Waals surface area contributed by atoms with E-state index in [4.69, 9.17) is 21.4 Å². The number of aliphatic hydroxyl groups is 1. The summed E-state index contributed by atoms with van der Waals surface area (Å²) in [4.78, 5) is 12.3. The molecule has 3 aromatic rings. The number of nitrogens with one attached hydrogen (secondary N) is 1. The number of carbonyl (C=O) groups excluding carboxylic acids is 1. The first-order valence-electron chi connectivity index (χ1n) is 9.02. The summed E-state index contributed by atoms with van der Waals surface area (Å²) in [6, 6.07) is 7.37. The van der Waals surface area contributed by atoms with Gasteiger partial charge >= 0.3 is 0 Å². The molecule has 0 bridgehead atoms. The van der Waals surface area contributed by atoms with Crippen molar-refractivity contribution in [1.82, 2.24) is 20.3 Å². The van der Waals surface area contributed by atoms with E-state index in [2.05, 4.69) is 15.6 Å². The van der Waals surface area contributed by atoms with Gasteiger partial charge in [0.1, 0.15) is 11.7 Å². The van der Waals surface area contributed by atoms with Gasteiger partial charge in [0.2, 0.25) is 0 Å². The number of carbonyl (C=O) groups is 1. The van der Waals surface area contributed by atoms with Crippen LogP contribution in [0.15, 0.2) is 35.0 Å². The minimum absolute atomic E-state index is 0.0503. The van der Waals surface area contributed by atoms with Gasteiger partial charge in [-0.2, -0.15) is 10.4 Å². The zero-order valence-electron chi connectivity index (χ0n) is 16.5. The van der Waals surface area contributed by atoms with E-state index in [0.29, 0.717) is 12.2 Å². The van der Waals surface area contributed by atoms with Gasteiger partial charge in [0.25, 0.3) is 5.91 Å². The standard InChI is InChI=1S/C20H19ClFN5O3/c1-11(24-19(28)15-8-16(30-26-15)20(2,3)29)10-27-7-6-14(25-27)13-5-4-12(9-23)17(21)18(13)22/h4-8,11,29H,10H2,1-3H3,(H,24,28)/t11-/m0/s1. The Balaban J connectivity index is 1.67. The molecule has 0 aliphatic heterocycles. The summed E-state index contributed by atoms with van der Waals surface area (Å²) < 4.78 is 21.0. The van der Waals surface area contributed by atoms with Gasteiger partial charge in [-0.15, -0.1) is 0 Å². The topological polar surface area (TPSA) is 117 Å². The number of halogens is 2. The molecule has 1 atom stereocenters. The molecule has 8 nitrogen and oxygen atoms in total. The van der Waals surface area contributed by atoms with Crippen molar-refractivity contribution < 1.29 is 18.8 Å². The minimum Gasteiger partial charge on any atom is -0.382 e. The van der Waals surface area contributed by atoms with Crippen LogP contribution in [0.5, 0.6) is 0 Å². The third kappa shape index (κ3) is 4.50. The Hall–Kier alpha value is -3.22. The molecule has 1 aromatic carbocycles. The fraction of sp³-hybridized carbons (Fsp3) is 0.300. The van der Waals surface area contributed by atoms with Crippen LogP contribution in [0.25, 0.3) is 11.3 Å². The summed E-state index contributed by atoms with van der Waals surface area (Å²) in [6.45, 7) is 5.14. The van der Waals surface area contributed by atoms with Crippen molar-refractivity contribution in [2.75, 3.05) is 0 Å². The normalized spacial score (nSPS) is 12.4. The van der Waals surface area contributed by atoms with Gasteiger partial charge in [0.15, 0.2) is 17.3 Å². The molecule has 0 saturated carbocycles. The van der Waals surface area contributed by atoms with E-state index in [0.717, 1.165) is 0 Å². The molecule has 0 saturated heterocycles. The molecule has 0 fully saturated rings. The second-order valence-electron chi connectivity index (χ2n) is 7.33. The molecule has 2 heterocycles. The van der Waals surface area contributed by atoms with E-state index >= 15 is 0 Å². The summed E-state index contributed by atoms with van der Waals surface area (Å²) >= 11 is 5.88. The third-order valence-electron chi connectivity index (χ3n) is 4.30. The number of rotatable bonds is 6. The Labute approximate surface area is 176 Å². The van der Waals surface area contributed by atoms with Crippen LogP contribution in [0, 0.1) is 17.1 Å². The second-order valence-corrected chi connectivity index (χ2v) is 7.71. The average Bonchev–Trinajstić information content (AvgIpc) is 3.33. The van der Waals surface area contributed by atoms with Gasteiger partial charge in [-0.05, 0) is 39.0 Å². The van der Waals surface area contributed by atoms with Crippen LogP contribution in [-0.2, 0) is 12.1 Å². The maximum absolute atomic E-state index is 14.4. The summed E-state index contributed by atoms with van der Waals surface area (Å²) in [5.41, 5.74) is -0.615. The number of nitriles is 1. The second kappa shape index (κ2) is 8.26. The number of amides is 1. The molecule has 1 amide bonds. The largest absolute Gasteiger partial charge is 0.382 e. The summed E-state index contributed by atoms with van der Waals surface area (Å²) in [5, 5.41) is 29.3. The summed E-state index contributed by atoms with van der Waals surface area (Å²) in [7, 11) is 0. The molecule has 156 valence electrons. The van der Waals surface area contributed by atoms with Crippen molar-refractivity contribution in [2.45, 2.75) is 39.0 Å². The Kier molecular flexibility index (Phi) is 5.92. The highest BCUT2D eigenvalue weighted by atomic mass is 35.5. The lowest BCUT2D eigenvalue weighted by Gasteiger charge is -2.13. The first kappa shape index (κ1) is 21.5. The van der Waals surface area contributed by atoms with E-state index in [1.807, 2.05) is 6.07 Å². The molecular formula is C20H19ClFN5O3. The number of hydrogen-bond donors (Lipinski definition) is 2. The quantitative estimate of drug-likeness (QED) is 0.618. The van der Waals surface area contributed by atoms with Crippen molar-refractivity contribution in [3.63, 3.8) is 0 Å². The van der Waals surface area contributed by atoms with Gasteiger partial charge in [-0.1, -0.05) is 16.8 Å². The average molecular weight is 432 g/mol. The van der Waals surface area contributed by atoms with Gasteiger partial charge in [-0.25, -0.2) is 4.39 Å². The molecule has 30 heavy (non-hydrogen) atoms. The first-order chi connectivity index (χ1) is 14.1. The van der Waals surface area contributed by atoms with Crippen molar-refractivity contribution in [2.24, 2.45) is 0 Å². The van der Waals surface area contributed by atoms with Crippen LogP contribution >= 0.6 is 11.6 Å². The van der Waals surface area contributed by atoms with Crippen LogP contribution in [0.2, 0.25) is 5.02 Å². The van der Waals surface area contributed by atoms with Gasteiger partial charge < -0.3 is 14.9 Å². The van der Waals surface area contributed by atoms with E-state index in [9.17, 15) is 14.3 Å². The fourth-order valence-electron chi connectivity index (χ4n) is 2.74. The van der Waals surface area contributed by atoms with Gasteiger partial charge in [-0.3, -0.25) is 9.48 Å². The van der Waals surface area contributed by atoms with Crippen molar-refractivity contribution in [3.8, 4) is 17.3 Å². The van der Waals surface area contributed by atoms with Crippen LogP contribution in [0.1, 0.15) is 42.6 Å². The predicted molar refractivity (Wildman–Crippen MR) is 106 cm³/mol. The molecule has 0 spiro atoms. The molecule has 2 N–H and O–H groups in total. The molecular weight excluding hydrogens is 413 g/mol. The number of hydrogen-bond acceptors (Lipinski definition) is 6. The molecule has 0 aliphatic rings. The molecule has 0 unspecified atom stereocenters. The van der Waals surface area contributed by atoms with E-state index < -0.39 is 17.3 Å². The Morgan fingerprint density at radius 1 is 1.47 bits per heavy atom. The Morgan fingerprint density at radius 2 is 2.20 bits per heavy atom. The van der Waals surface area contributed by atoms with Crippen molar-refractivity contribution in [1.29, 1.82) is 5.26 Å². The zero-order chi connectivity index (χ0) is 22.1. The first-order valence-corrected chi connectivity index (χ1v) is 9.40. The minimum atomic E-state index is -1.24. The van der Waals surface area contributed by atoms with E-state index in [1.54, 1.807) is 23.9 Å². The number of aromatic nitrogens is 3. The molecule has 0 aliphatic carbocycles. The lowest BCUT2D eigenvalue weighted by molar-refractivity contribution is 0.0474.